The number of amides is 1. The van der Waals surface area contributed by atoms with Gasteiger partial charge in [-0.3, -0.25) is 4.79 Å². The Hall–Kier alpha value is -2.34. The maximum atomic E-state index is 12.2. The number of hydrogen-bond donors (Lipinski definition) is 2. The second kappa shape index (κ2) is 7.09. The highest BCUT2D eigenvalue weighted by atomic mass is 32.1. The molecule has 0 saturated heterocycles. The molecule has 0 aliphatic rings. The van der Waals surface area contributed by atoms with Crippen molar-refractivity contribution in [2.75, 3.05) is 6.61 Å². The van der Waals surface area contributed by atoms with Gasteiger partial charge in [0.15, 0.2) is 6.61 Å². The Bertz CT molecular complexity index is 663. The fraction of sp³-hybridized carbons (Fsp3) is 0.250. The van der Waals surface area contributed by atoms with Crippen LogP contribution in [-0.4, -0.2) is 23.6 Å². The van der Waals surface area contributed by atoms with Crippen LogP contribution in [0.25, 0.3) is 0 Å². The van der Waals surface area contributed by atoms with Gasteiger partial charge in [-0.25, -0.2) is 4.79 Å². The van der Waals surface area contributed by atoms with Crippen LogP contribution in [0.4, 0.5) is 0 Å². The Morgan fingerprint density at radius 2 is 1.95 bits per heavy atom. The van der Waals surface area contributed by atoms with E-state index < -0.39 is 5.97 Å². The van der Waals surface area contributed by atoms with Crippen molar-refractivity contribution in [1.82, 2.24) is 5.32 Å². The minimum atomic E-state index is -1.02. The third-order valence-electron chi connectivity index (χ3n) is 3.16. The van der Waals surface area contributed by atoms with Gasteiger partial charge in [0.1, 0.15) is 5.75 Å². The smallest absolute Gasteiger partial charge is 0.341 e. The highest BCUT2D eigenvalue weighted by molar-refractivity contribution is 7.12. The van der Waals surface area contributed by atoms with E-state index in [2.05, 4.69) is 5.32 Å². The number of thiophene rings is 1. The first-order valence-corrected chi connectivity index (χ1v) is 7.65. The number of carbonyl (C=O) groups is 2. The Morgan fingerprint density at radius 3 is 2.50 bits per heavy atom. The van der Waals surface area contributed by atoms with Gasteiger partial charge < -0.3 is 15.2 Å². The molecule has 0 aliphatic carbocycles. The summed E-state index contributed by atoms with van der Waals surface area (Å²) in [7, 11) is 0. The van der Waals surface area contributed by atoms with Crippen molar-refractivity contribution in [3.8, 4) is 5.75 Å². The molecule has 6 heteroatoms. The topological polar surface area (TPSA) is 75.6 Å². The fourth-order valence-corrected chi connectivity index (χ4v) is 2.78. The van der Waals surface area contributed by atoms with Crippen molar-refractivity contribution < 1.29 is 19.4 Å². The van der Waals surface area contributed by atoms with Crippen LogP contribution in [0.15, 0.2) is 35.7 Å². The summed E-state index contributed by atoms with van der Waals surface area (Å²) >= 11 is 1.42. The van der Waals surface area contributed by atoms with Gasteiger partial charge in [-0.15, -0.1) is 11.3 Å². The van der Waals surface area contributed by atoms with Gasteiger partial charge >= 0.3 is 5.97 Å². The monoisotopic (exact) mass is 319 g/mol. The van der Waals surface area contributed by atoms with Crippen molar-refractivity contribution in [2.24, 2.45) is 0 Å². The lowest BCUT2D eigenvalue weighted by atomic mass is 10.1. The molecule has 116 valence electrons. The lowest BCUT2D eigenvalue weighted by Crippen LogP contribution is -2.26. The summed E-state index contributed by atoms with van der Waals surface area (Å²) in [6.45, 7) is 3.43. The quantitative estimate of drug-likeness (QED) is 0.858. The summed E-state index contributed by atoms with van der Waals surface area (Å²) < 4.78 is 5.07. The van der Waals surface area contributed by atoms with E-state index in [1.54, 1.807) is 12.1 Å². The highest BCUT2D eigenvalue weighted by Gasteiger charge is 2.14. The predicted molar refractivity (Wildman–Crippen MR) is 84.5 cm³/mol. The molecule has 2 aromatic rings. The molecule has 2 N–H and O–H groups in total. The average molecular weight is 319 g/mol. The van der Waals surface area contributed by atoms with Crippen LogP contribution in [0.5, 0.6) is 5.75 Å². The van der Waals surface area contributed by atoms with E-state index in [4.69, 9.17) is 9.84 Å². The Labute approximate surface area is 132 Å². The van der Waals surface area contributed by atoms with Crippen molar-refractivity contribution >= 4 is 23.2 Å². The van der Waals surface area contributed by atoms with E-state index >= 15 is 0 Å². The van der Waals surface area contributed by atoms with Gasteiger partial charge in [-0.05, 0) is 48.6 Å². The molecule has 1 aromatic heterocycles. The Morgan fingerprint density at radius 1 is 1.27 bits per heavy atom. The zero-order valence-corrected chi connectivity index (χ0v) is 13.1. The minimum absolute atomic E-state index is 0.0915. The molecule has 0 radical (unpaired) electrons. The van der Waals surface area contributed by atoms with E-state index in [0.717, 1.165) is 11.1 Å². The first-order chi connectivity index (χ1) is 10.5. The van der Waals surface area contributed by atoms with Crippen molar-refractivity contribution in [2.45, 2.75) is 19.9 Å². The molecule has 0 fully saturated rings. The number of carbonyl (C=O) groups excluding carboxylic acids is 1. The molecule has 1 aromatic carbocycles. The molecule has 0 spiro atoms. The van der Waals surface area contributed by atoms with Crippen LogP contribution in [0.1, 0.15) is 33.8 Å². The zero-order chi connectivity index (χ0) is 16.1. The number of nitrogens with one attached hydrogen (secondary N) is 1. The van der Waals surface area contributed by atoms with E-state index in [1.807, 2.05) is 37.4 Å². The molecule has 2 rings (SSSR count). The van der Waals surface area contributed by atoms with Gasteiger partial charge in [0, 0.05) is 0 Å². The van der Waals surface area contributed by atoms with Gasteiger partial charge in [-0.1, -0.05) is 12.1 Å². The van der Waals surface area contributed by atoms with Crippen molar-refractivity contribution in [3.63, 3.8) is 0 Å². The van der Waals surface area contributed by atoms with Crippen LogP contribution < -0.4 is 10.1 Å². The van der Waals surface area contributed by atoms with Gasteiger partial charge in [-0.2, -0.15) is 0 Å². The first-order valence-electron chi connectivity index (χ1n) is 6.77. The summed E-state index contributed by atoms with van der Waals surface area (Å²) in [5, 5.41) is 13.4. The van der Waals surface area contributed by atoms with E-state index in [1.165, 1.54) is 11.3 Å². The second-order valence-corrected chi connectivity index (χ2v) is 5.80. The molecule has 1 amide bonds. The third kappa shape index (κ3) is 4.08. The summed E-state index contributed by atoms with van der Waals surface area (Å²) in [4.78, 5) is 23.3. The number of rotatable bonds is 6. The van der Waals surface area contributed by atoms with Crippen LogP contribution in [0.3, 0.4) is 0 Å². The number of benzene rings is 1. The lowest BCUT2D eigenvalue weighted by molar-refractivity contribution is -0.139. The van der Waals surface area contributed by atoms with Gasteiger partial charge in [0.05, 0.1) is 10.9 Å². The number of hydrogen-bond acceptors (Lipinski definition) is 4. The molecule has 1 unspecified atom stereocenters. The Balaban J connectivity index is 1.98. The summed E-state index contributed by atoms with van der Waals surface area (Å²) in [5.74, 6) is -0.624. The predicted octanol–water partition coefficient (Wildman–Crippen LogP) is 3.01. The highest BCUT2D eigenvalue weighted by Crippen LogP contribution is 2.20. The average Bonchev–Trinajstić information content (AvgIpc) is 2.91. The molecule has 0 saturated carbocycles. The summed E-state index contributed by atoms with van der Waals surface area (Å²) in [5.41, 5.74) is 1.89. The molecule has 1 atom stereocenters. The van der Waals surface area contributed by atoms with E-state index in [-0.39, 0.29) is 18.6 Å². The minimum Gasteiger partial charge on any atom is -0.482 e. The van der Waals surface area contributed by atoms with Crippen LogP contribution in [0.2, 0.25) is 0 Å². The SMILES string of the molecule is Cc1ccsc1C(=O)NC(C)c1ccc(OCC(=O)O)cc1. The standard InChI is InChI=1S/C16H17NO4S/c1-10-7-8-22-15(10)16(20)17-11(2)12-3-5-13(6-4-12)21-9-14(18)19/h3-8,11H,9H2,1-2H3,(H,17,20)(H,18,19). The van der Waals surface area contributed by atoms with Crippen molar-refractivity contribution in [1.29, 1.82) is 0 Å². The molecule has 0 aliphatic heterocycles. The van der Waals surface area contributed by atoms with Gasteiger partial charge in [0.25, 0.3) is 5.91 Å². The second-order valence-electron chi connectivity index (χ2n) is 4.88. The molecular formula is C16H17NO4S. The number of aliphatic carboxylic acids is 1. The zero-order valence-electron chi connectivity index (χ0n) is 12.3. The van der Waals surface area contributed by atoms with E-state index in [9.17, 15) is 9.59 Å². The Kier molecular flexibility index (Phi) is 5.16. The normalized spacial score (nSPS) is 11.7. The van der Waals surface area contributed by atoms with Crippen LogP contribution in [-0.2, 0) is 4.79 Å². The third-order valence-corrected chi connectivity index (χ3v) is 4.17. The lowest BCUT2D eigenvalue weighted by Gasteiger charge is -2.14. The van der Waals surface area contributed by atoms with Crippen LogP contribution in [0, 0.1) is 6.92 Å². The number of aryl methyl sites for hydroxylation is 1. The largest absolute Gasteiger partial charge is 0.482 e. The van der Waals surface area contributed by atoms with Crippen LogP contribution >= 0.6 is 11.3 Å². The van der Waals surface area contributed by atoms with E-state index in [0.29, 0.717) is 10.6 Å². The molecule has 5 nitrogen and oxygen atoms in total. The van der Waals surface area contributed by atoms with Gasteiger partial charge in [0.2, 0.25) is 0 Å². The number of ether oxygens (including phenoxy) is 1. The number of carboxylic acids is 1. The molecular weight excluding hydrogens is 302 g/mol. The summed E-state index contributed by atoms with van der Waals surface area (Å²) in [6.07, 6.45) is 0. The molecule has 22 heavy (non-hydrogen) atoms. The maximum Gasteiger partial charge on any atom is 0.341 e. The fourth-order valence-electron chi connectivity index (χ4n) is 1.95. The summed E-state index contributed by atoms with van der Waals surface area (Å²) in [6, 6.07) is 8.77. The number of carboxylic acid groups (broad SMARTS) is 1. The maximum absolute atomic E-state index is 12.2. The molecule has 0 bridgehead atoms. The first kappa shape index (κ1) is 16.0. The van der Waals surface area contributed by atoms with Crippen molar-refractivity contribution in [3.05, 3.63) is 51.7 Å². The molecule has 1 heterocycles.